The topological polar surface area (TPSA) is 70.6 Å². The van der Waals surface area contributed by atoms with Gasteiger partial charge >= 0.3 is 6.03 Å². The van der Waals surface area contributed by atoms with Gasteiger partial charge in [0.05, 0.1) is 6.54 Å². The van der Waals surface area contributed by atoms with E-state index in [1.165, 1.54) is 12.1 Å². The molecular formula is C23H31F2N3O2. The van der Waals surface area contributed by atoms with Gasteiger partial charge in [-0.2, -0.15) is 0 Å². The third-order valence-electron chi connectivity index (χ3n) is 6.79. The van der Waals surface area contributed by atoms with Gasteiger partial charge in [0, 0.05) is 24.1 Å². The number of amides is 2. The lowest BCUT2D eigenvalue weighted by atomic mass is 9.62. The van der Waals surface area contributed by atoms with Crippen LogP contribution in [0.25, 0.3) is 0 Å². The second-order valence-corrected chi connectivity index (χ2v) is 10.4. The molecule has 2 saturated carbocycles. The lowest BCUT2D eigenvalue weighted by Crippen LogP contribution is -2.51. The molecule has 7 heteroatoms. The molecule has 0 spiro atoms. The third kappa shape index (κ3) is 4.89. The van der Waals surface area contributed by atoms with Gasteiger partial charge in [0.15, 0.2) is 0 Å². The molecule has 0 saturated heterocycles. The summed E-state index contributed by atoms with van der Waals surface area (Å²) in [6.45, 7) is 9.08. The van der Waals surface area contributed by atoms with Gasteiger partial charge in [0.1, 0.15) is 11.6 Å². The van der Waals surface area contributed by atoms with Crippen LogP contribution >= 0.6 is 0 Å². The molecule has 5 nitrogen and oxygen atoms in total. The quantitative estimate of drug-likeness (QED) is 0.528. The van der Waals surface area contributed by atoms with Crippen LogP contribution in [-0.4, -0.2) is 31.2 Å². The van der Waals surface area contributed by atoms with Crippen molar-refractivity contribution in [1.82, 2.24) is 10.6 Å². The lowest BCUT2D eigenvalue weighted by Gasteiger charge is -2.46. The first-order valence-electron chi connectivity index (χ1n) is 10.5. The Morgan fingerprint density at radius 1 is 1.23 bits per heavy atom. The van der Waals surface area contributed by atoms with E-state index in [9.17, 15) is 18.4 Å². The number of hydrogen-bond acceptors (Lipinski definition) is 3. The summed E-state index contributed by atoms with van der Waals surface area (Å²) in [7, 11) is 0. The molecule has 4 atom stereocenters. The number of nitrogens with one attached hydrogen (secondary N) is 2. The summed E-state index contributed by atoms with van der Waals surface area (Å²) < 4.78 is 27.6. The summed E-state index contributed by atoms with van der Waals surface area (Å²) in [6, 6.07) is 3.30. The van der Waals surface area contributed by atoms with E-state index in [0.717, 1.165) is 31.7 Å². The van der Waals surface area contributed by atoms with E-state index in [1.54, 1.807) is 6.08 Å². The first kappa shape index (κ1) is 22.4. The van der Waals surface area contributed by atoms with E-state index in [4.69, 9.17) is 0 Å². The van der Waals surface area contributed by atoms with Gasteiger partial charge in [-0.15, -0.1) is 0 Å². The normalized spacial score (nSPS) is 32.1. The highest BCUT2D eigenvalue weighted by molar-refractivity contribution is 5.74. The van der Waals surface area contributed by atoms with Gasteiger partial charge in [-0.05, 0) is 54.1 Å². The first-order valence-corrected chi connectivity index (χ1v) is 10.5. The van der Waals surface area contributed by atoms with E-state index in [1.807, 2.05) is 6.92 Å². The molecule has 30 heavy (non-hydrogen) atoms. The van der Waals surface area contributed by atoms with Gasteiger partial charge in [-0.1, -0.05) is 33.8 Å². The van der Waals surface area contributed by atoms with Crippen molar-refractivity contribution < 1.29 is 18.4 Å². The van der Waals surface area contributed by atoms with Crippen molar-refractivity contribution in [2.24, 2.45) is 21.7 Å². The summed E-state index contributed by atoms with van der Waals surface area (Å²) in [6.07, 6.45) is 4.83. The number of carbonyl (C=O) groups is 1. The monoisotopic (exact) mass is 419 g/mol. The van der Waals surface area contributed by atoms with Gasteiger partial charge < -0.3 is 10.6 Å². The molecule has 2 amide bonds. The highest BCUT2D eigenvalue weighted by Crippen LogP contribution is 2.54. The molecule has 0 radical (unpaired) electrons. The molecule has 0 aliphatic heterocycles. The molecule has 0 heterocycles. The zero-order chi connectivity index (χ0) is 22.2. The predicted octanol–water partition coefficient (Wildman–Crippen LogP) is 4.46. The lowest BCUT2D eigenvalue weighted by molar-refractivity contribution is 0.0807. The maximum Gasteiger partial charge on any atom is 0.315 e. The second kappa shape index (κ2) is 8.10. The Morgan fingerprint density at radius 2 is 1.93 bits per heavy atom. The molecule has 2 aliphatic carbocycles. The smallest absolute Gasteiger partial charge is 0.315 e. The van der Waals surface area contributed by atoms with E-state index in [0.29, 0.717) is 18.7 Å². The number of rotatable bonds is 6. The second-order valence-electron chi connectivity index (χ2n) is 10.4. The van der Waals surface area contributed by atoms with Crippen LogP contribution in [0.4, 0.5) is 13.6 Å². The Kier molecular flexibility index (Phi) is 6.06. The van der Waals surface area contributed by atoms with E-state index in [-0.39, 0.29) is 28.8 Å². The zero-order valence-electron chi connectivity index (χ0n) is 18.1. The number of isocyanates is 1. The zero-order valence-corrected chi connectivity index (χ0v) is 18.1. The minimum Gasteiger partial charge on any atom is -0.337 e. The molecule has 2 N–H and O–H groups in total. The first-order chi connectivity index (χ1) is 14.0. The van der Waals surface area contributed by atoms with E-state index >= 15 is 0 Å². The van der Waals surface area contributed by atoms with Crippen LogP contribution in [0.5, 0.6) is 0 Å². The fourth-order valence-electron chi connectivity index (χ4n) is 5.65. The van der Waals surface area contributed by atoms with Gasteiger partial charge in [-0.3, -0.25) is 0 Å². The summed E-state index contributed by atoms with van der Waals surface area (Å²) in [4.78, 5) is 27.0. The molecule has 4 unspecified atom stereocenters. The number of hydrogen-bond donors (Lipinski definition) is 2. The molecule has 1 aromatic carbocycles. The Hall–Kier alpha value is -2.27. The summed E-state index contributed by atoms with van der Waals surface area (Å²) in [5.74, 6) is -0.967. The van der Waals surface area contributed by atoms with Crippen molar-refractivity contribution >= 4 is 12.1 Å². The molecule has 0 aromatic heterocycles. The number of urea groups is 1. The minimum atomic E-state index is -0.604. The van der Waals surface area contributed by atoms with Crippen molar-refractivity contribution in [2.45, 2.75) is 64.8 Å². The van der Waals surface area contributed by atoms with Crippen LogP contribution in [0.2, 0.25) is 0 Å². The maximum absolute atomic E-state index is 14.3. The Balaban J connectivity index is 1.63. The summed E-state index contributed by atoms with van der Waals surface area (Å²) in [5.41, 5.74) is -0.212. The van der Waals surface area contributed by atoms with Gasteiger partial charge in [-0.25, -0.2) is 23.4 Å². The third-order valence-corrected chi connectivity index (χ3v) is 6.79. The Morgan fingerprint density at radius 3 is 2.53 bits per heavy atom. The van der Waals surface area contributed by atoms with Crippen LogP contribution in [0.15, 0.2) is 23.2 Å². The van der Waals surface area contributed by atoms with Crippen molar-refractivity contribution in [3.63, 3.8) is 0 Å². The van der Waals surface area contributed by atoms with E-state index in [2.05, 4.69) is 36.4 Å². The van der Waals surface area contributed by atoms with Gasteiger partial charge in [0.25, 0.3) is 0 Å². The fraction of sp³-hybridized carbons (Fsp3) is 0.652. The number of aliphatic imine (C=N–C) groups is 1. The molecule has 2 aliphatic rings. The fourth-order valence-corrected chi connectivity index (χ4v) is 5.65. The highest BCUT2D eigenvalue weighted by Gasteiger charge is 2.53. The number of benzene rings is 1. The largest absolute Gasteiger partial charge is 0.337 e. The van der Waals surface area contributed by atoms with Crippen molar-refractivity contribution in [2.75, 3.05) is 13.1 Å². The molecule has 1 aromatic rings. The Labute approximate surface area is 176 Å². The molecule has 2 fully saturated rings. The average molecular weight is 420 g/mol. The van der Waals surface area contributed by atoms with Crippen molar-refractivity contribution in [1.29, 1.82) is 0 Å². The minimum absolute atomic E-state index is 0.00677. The van der Waals surface area contributed by atoms with Crippen molar-refractivity contribution in [3.05, 3.63) is 35.4 Å². The summed E-state index contributed by atoms with van der Waals surface area (Å²) in [5, 5.41) is 5.96. The number of halogens is 2. The average Bonchev–Trinajstić information content (AvgIpc) is 3.27. The maximum atomic E-state index is 14.3. The van der Waals surface area contributed by atoms with Crippen LogP contribution in [0, 0.1) is 28.4 Å². The van der Waals surface area contributed by atoms with E-state index < -0.39 is 17.0 Å². The summed E-state index contributed by atoms with van der Waals surface area (Å²) >= 11 is 0. The molecule has 164 valence electrons. The van der Waals surface area contributed by atoms with Gasteiger partial charge in [0.2, 0.25) is 6.08 Å². The number of nitrogens with zero attached hydrogens (tertiary/aromatic N) is 1. The van der Waals surface area contributed by atoms with Crippen LogP contribution < -0.4 is 10.6 Å². The molecule has 3 rings (SSSR count). The highest BCUT2D eigenvalue weighted by atomic mass is 19.1. The van der Waals surface area contributed by atoms with Crippen LogP contribution in [0.1, 0.15) is 58.9 Å². The standard InChI is InChI=1S/C23H31F2N3O2/c1-15-8-23(15,18-6-5-16(24)7-19(18)25)13-27-20(30)28-17-9-21(2,3)11-22(4,10-17)12-26-14-29/h5-7,15,17H,8-13H2,1-4H3,(H2,27,28,30). The molecular weight excluding hydrogens is 388 g/mol. The Bertz CT molecular complexity index is 868. The van der Waals surface area contributed by atoms with Crippen molar-refractivity contribution in [3.8, 4) is 0 Å². The predicted molar refractivity (Wildman–Crippen MR) is 111 cm³/mol. The molecule has 0 bridgehead atoms. The number of carbonyl (C=O) groups excluding carboxylic acids is 2. The van der Waals surface area contributed by atoms with Crippen LogP contribution in [0.3, 0.4) is 0 Å². The van der Waals surface area contributed by atoms with Crippen LogP contribution in [-0.2, 0) is 10.2 Å². The SMILES string of the molecule is CC1CC1(CNC(=O)NC1CC(C)(C)CC(C)(CN=C=O)C1)c1ccc(F)cc1F.